The van der Waals surface area contributed by atoms with Crippen LogP contribution in [0, 0.1) is 5.82 Å². The maximum Gasteiger partial charge on any atom is 0.165 e. The second-order valence-electron chi connectivity index (χ2n) is 2.46. The number of hydrogen-bond donors (Lipinski definition) is 1. The number of hydrogen-bond acceptors (Lipinski definition) is 2. The van der Waals surface area contributed by atoms with Crippen LogP contribution in [-0.2, 0) is 0 Å². The van der Waals surface area contributed by atoms with E-state index in [2.05, 4.69) is 0 Å². The monoisotopic (exact) mass is 170 g/mol. The van der Waals surface area contributed by atoms with Crippen LogP contribution in [0.3, 0.4) is 0 Å². The van der Waals surface area contributed by atoms with Gasteiger partial charge < -0.3 is 9.84 Å². The van der Waals surface area contributed by atoms with Gasteiger partial charge in [0, 0.05) is 6.07 Å². The van der Waals surface area contributed by atoms with E-state index in [1.807, 2.05) is 6.92 Å². The van der Waals surface area contributed by atoms with E-state index in [1.165, 1.54) is 18.2 Å². The van der Waals surface area contributed by atoms with Crippen LogP contribution in [-0.4, -0.2) is 11.7 Å². The minimum atomic E-state index is -0.443. The number of halogens is 1. The second-order valence-corrected chi connectivity index (χ2v) is 2.46. The lowest BCUT2D eigenvalue weighted by Crippen LogP contribution is -1.96. The lowest BCUT2D eigenvalue weighted by atomic mass is 10.3. The Morgan fingerprint density at radius 2 is 2.25 bits per heavy atom. The van der Waals surface area contributed by atoms with Crippen LogP contribution in [0.15, 0.2) is 18.2 Å². The predicted molar refractivity (Wildman–Crippen MR) is 43.9 cm³/mol. The number of ether oxygens (including phenoxy) is 1. The number of rotatable bonds is 3. The van der Waals surface area contributed by atoms with E-state index in [4.69, 9.17) is 9.84 Å². The standard InChI is InChI=1S/C9H11FO2/c1-2-5-12-9-6-7(11)3-4-8(9)10/h3-4,6,11H,2,5H2,1H3. The SMILES string of the molecule is CCCOc1cc(O)ccc1F. The van der Waals surface area contributed by atoms with E-state index < -0.39 is 5.82 Å². The van der Waals surface area contributed by atoms with E-state index in [-0.39, 0.29) is 11.5 Å². The van der Waals surface area contributed by atoms with Crippen molar-refractivity contribution in [3.63, 3.8) is 0 Å². The summed E-state index contributed by atoms with van der Waals surface area (Å²) in [5.74, 6) is -0.319. The summed E-state index contributed by atoms with van der Waals surface area (Å²) >= 11 is 0. The summed E-state index contributed by atoms with van der Waals surface area (Å²) < 4.78 is 17.9. The van der Waals surface area contributed by atoms with Crippen molar-refractivity contribution in [2.75, 3.05) is 6.61 Å². The van der Waals surface area contributed by atoms with Crippen molar-refractivity contribution in [2.45, 2.75) is 13.3 Å². The number of benzene rings is 1. The quantitative estimate of drug-likeness (QED) is 0.754. The first-order chi connectivity index (χ1) is 5.74. The molecular formula is C9H11FO2. The molecule has 1 aromatic rings. The van der Waals surface area contributed by atoms with Crippen molar-refractivity contribution >= 4 is 0 Å². The van der Waals surface area contributed by atoms with Crippen LogP contribution in [0.1, 0.15) is 13.3 Å². The number of phenolic OH excluding ortho intramolecular Hbond substituents is 1. The second kappa shape index (κ2) is 3.95. The molecule has 0 radical (unpaired) electrons. The highest BCUT2D eigenvalue weighted by Gasteiger charge is 2.02. The summed E-state index contributed by atoms with van der Waals surface area (Å²) in [6, 6.07) is 3.74. The van der Waals surface area contributed by atoms with Gasteiger partial charge in [-0.2, -0.15) is 0 Å². The molecule has 1 aromatic carbocycles. The Kier molecular flexibility index (Phi) is 2.91. The van der Waals surface area contributed by atoms with E-state index in [0.717, 1.165) is 6.42 Å². The highest BCUT2D eigenvalue weighted by atomic mass is 19.1. The van der Waals surface area contributed by atoms with E-state index in [0.29, 0.717) is 6.61 Å². The number of aromatic hydroxyl groups is 1. The average molecular weight is 170 g/mol. The number of phenols is 1. The van der Waals surface area contributed by atoms with E-state index in [9.17, 15) is 4.39 Å². The molecule has 0 atom stereocenters. The zero-order valence-corrected chi connectivity index (χ0v) is 6.88. The topological polar surface area (TPSA) is 29.5 Å². The van der Waals surface area contributed by atoms with Gasteiger partial charge in [-0.1, -0.05) is 6.92 Å². The third-order valence-electron chi connectivity index (χ3n) is 1.38. The highest BCUT2D eigenvalue weighted by molar-refractivity contribution is 5.33. The predicted octanol–water partition coefficient (Wildman–Crippen LogP) is 2.32. The maximum atomic E-state index is 12.9. The van der Waals surface area contributed by atoms with Gasteiger partial charge in [-0.25, -0.2) is 4.39 Å². The molecule has 2 nitrogen and oxygen atoms in total. The lowest BCUT2D eigenvalue weighted by molar-refractivity contribution is 0.299. The Balaban J connectivity index is 2.75. The molecule has 0 saturated carbocycles. The summed E-state index contributed by atoms with van der Waals surface area (Å²) in [6.45, 7) is 2.39. The van der Waals surface area contributed by atoms with Crippen LogP contribution in [0.2, 0.25) is 0 Å². The van der Waals surface area contributed by atoms with Crippen molar-refractivity contribution in [3.8, 4) is 11.5 Å². The Morgan fingerprint density at radius 1 is 1.50 bits per heavy atom. The first-order valence-corrected chi connectivity index (χ1v) is 3.85. The molecule has 1 N–H and O–H groups in total. The third-order valence-corrected chi connectivity index (χ3v) is 1.38. The molecule has 0 aliphatic heterocycles. The van der Waals surface area contributed by atoms with Crippen molar-refractivity contribution in [2.24, 2.45) is 0 Å². The largest absolute Gasteiger partial charge is 0.508 e. The molecule has 1 rings (SSSR count). The Bertz CT molecular complexity index is 261. The Morgan fingerprint density at radius 3 is 2.92 bits per heavy atom. The molecule has 0 unspecified atom stereocenters. The van der Waals surface area contributed by atoms with Crippen LogP contribution in [0.4, 0.5) is 4.39 Å². The van der Waals surface area contributed by atoms with Gasteiger partial charge >= 0.3 is 0 Å². The van der Waals surface area contributed by atoms with Crippen molar-refractivity contribution in [1.29, 1.82) is 0 Å². The smallest absolute Gasteiger partial charge is 0.165 e. The first kappa shape index (κ1) is 8.84. The molecule has 12 heavy (non-hydrogen) atoms. The average Bonchev–Trinajstić information content (AvgIpc) is 2.07. The van der Waals surface area contributed by atoms with Crippen molar-refractivity contribution in [1.82, 2.24) is 0 Å². The Labute approximate surface area is 70.6 Å². The van der Waals surface area contributed by atoms with Gasteiger partial charge in [0.05, 0.1) is 6.61 Å². The summed E-state index contributed by atoms with van der Waals surface area (Å²) in [6.07, 6.45) is 0.815. The van der Waals surface area contributed by atoms with Crippen molar-refractivity contribution in [3.05, 3.63) is 24.0 Å². The van der Waals surface area contributed by atoms with Gasteiger partial charge in [0.1, 0.15) is 5.75 Å². The molecule has 0 spiro atoms. The van der Waals surface area contributed by atoms with Gasteiger partial charge in [0.15, 0.2) is 11.6 Å². The van der Waals surface area contributed by atoms with Gasteiger partial charge in [-0.05, 0) is 18.6 Å². The fourth-order valence-corrected chi connectivity index (χ4v) is 0.815. The minimum absolute atomic E-state index is 0.0162. The highest BCUT2D eigenvalue weighted by Crippen LogP contribution is 2.22. The Hall–Kier alpha value is -1.25. The van der Waals surface area contributed by atoms with Gasteiger partial charge in [-0.3, -0.25) is 0 Å². The van der Waals surface area contributed by atoms with E-state index >= 15 is 0 Å². The molecule has 0 heterocycles. The zero-order chi connectivity index (χ0) is 8.97. The van der Waals surface area contributed by atoms with E-state index in [1.54, 1.807) is 0 Å². The molecule has 0 fully saturated rings. The zero-order valence-electron chi connectivity index (χ0n) is 6.88. The summed E-state index contributed by atoms with van der Waals surface area (Å²) in [5.41, 5.74) is 0. The molecule has 0 aromatic heterocycles. The van der Waals surface area contributed by atoms with Crippen LogP contribution in [0.25, 0.3) is 0 Å². The van der Waals surface area contributed by atoms with Gasteiger partial charge in [-0.15, -0.1) is 0 Å². The molecule has 0 aliphatic rings. The van der Waals surface area contributed by atoms with Crippen LogP contribution >= 0.6 is 0 Å². The maximum absolute atomic E-state index is 12.9. The summed E-state index contributed by atoms with van der Waals surface area (Å²) in [5, 5.41) is 8.99. The molecule has 3 heteroatoms. The van der Waals surface area contributed by atoms with Crippen LogP contribution in [0.5, 0.6) is 11.5 Å². The summed E-state index contributed by atoms with van der Waals surface area (Å²) in [7, 11) is 0. The molecule has 0 bridgehead atoms. The lowest BCUT2D eigenvalue weighted by Gasteiger charge is -2.05. The minimum Gasteiger partial charge on any atom is -0.508 e. The molecule has 0 aliphatic carbocycles. The normalized spacial score (nSPS) is 9.83. The third kappa shape index (κ3) is 2.12. The molecular weight excluding hydrogens is 159 g/mol. The van der Waals surface area contributed by atoms with Gasteiger partial charge in [0.25, 0.3) is 0 Å². The fraction of sp³-hybridized carbons (Fsp3) is 0.333. The fourth-order valence-electron chi connectivity index (χ4n) is 0.815. The van der Waals surface area contributed by atoms with Crippen LogP contribution < -0.4 is 4.74 Å². The van der Waals surface area contributed by atoms with Gasteiger partial charge in [0.2, 0.25) is 0 Å². The van der Waals surface area contributed by atoms with Crippen molar-refractivity contribution < 1.29 is 14.2 Å². The first-order valence-electron chi connectivity index (χ1n) is 3.85. The summed E-state index contributed by atoms with van der Waals surface area (Å²) in [4.78, 5) is 0. The molecule has 0 saturated heterocycles. The molecule has 0 amide bonds. The molecule has 66 valence electrons.